The van der Waals surface area contributed by atoms with Gasteiger partial charge in [0.1, 0.15) is 11.6 Å². The van der Waals surface area contributed by atoms with E-state index in [9.17, 15) is 5.11 Å². The minimum atomic E-state index is 0.129. The first-order chi connectivity index (χ1) is 10.2. The van der Waals surface area contributed by atoms with E-state index >= 15 is 0 Å². The zero-order chi connectivity index (χ0) is 14.8. The van der Waals surface area contributed by atoms with Gasteiger partial charge in [0.25, 0.3) is 0 Å². The first-order valence-electron chi connectivity index (χ1n) is 7.08. The summed E-state index contributed by atoms with van der Waals surface area (Å²) in [6, 6.07) is 15.4. The van der Waals surface area contributed by atoms with Gasteiger partial charge in [-0.2, -0.15) is 0 Å². The molecule has 21 heavy (non-hydrogen) atoms. The molecule has 0 aliphatic rings. The summed E-state index contributed by atoms with van der Waals surface area (Å²) in [4.78, 5) is 4.72. The first-order valence-corrected chi connectivity index (χ1v) is 7.08. The second kappa shape index (κ2) is 5.58. The summed E-state index contributed by atoms with van der Waals surface area (Å²) in [7, 11) is 2.02. The summed E-state index contributed by atoms with van der Waals surface area (Å²) in [6.45, 7) is 0.521. The molecule has 0 radical (unpaired) electrons. The molecular weight excluding hydrogens is 262 g/mol. The Kier molecular flexibility index (Phi) is 3.62. The van der Waals surface area contributed by atoms with Gasteiger partial charge >= 0.3 is 0 Å². The monoisotopic (exact) mass is 281 g/mol. The number of aromatic hydroxyl groups is 1. The predicted octanol–water partition coefficient (Wildman–Crippen LogP) is 2.56. The average molecular weight is 281 g/mol. The normalized spacial score (nSPS) is 12.7. The molecule has 0 aliphatic heterocycles. The molecule has 4 nitrogen and oxygen atoms in total. The number of rotatable bonds is 4. The maximum atomic E-state index is 9.59. The van der Waals surface area contributed by atoms with Gasteiger partial charge in [-0.15, -0.1) is 0 Å². The number of aromatic nitrogens is 2. The number of benzene rings is 2. The minimum absolute atomic E-state index is 0.129. The molecule has 2 aromatic carbocycles. The van der Waals surface area contributed by atoms with Crippen molar-refractivity contribution >= 4 is 11.0 Å². The maximum Gasteiger partial charge on any atom is 0.115 e. The van der Waals surface area contributed by atoms with E-state index in [0.717, 1.165) is 28.8 Å². The standard InChI is InChI=1S/C17H19N3O/c1-20-16-8-3-2-7-15(16)19-17(20)13(11-18)9-12-5-4-6-14(21)10-12/h2-8,10,13,21H,9,11,18H2,1H3. The summed E-state index contributed by atoms with van der Waals surface area (Å²) in [5.74, 6) is 1.40. The fraction of sp³-hybridized carbons (Fsp3) is 0.235. The van der Waals surface area contributed by atoms with E-state index in [1.807, 2.05) is 37.4 Å². The third kappa shape index (κ3) is 2.62. The van der Waals surface area contributed by atoms with Crippen molar-refractivity contribution in [2.45, 2.75) is 12.3 Å². The lowest BCUT2D eigenvalue weighted by Crippen LogP contribution is -2.18. The van der Waals surface area contributed by atoms with Crippen LogP contribution in [0, 0.1) is 0 Å². The molecule has 1 unspecified atom stereocenters. The molecule has 1 atom stereocenters. The van der Waals surface area contributed by atoms with Crippen molar-refractivity contribution < 1.29 is 5.11 Å². The highest BCUT2D eigenvalue weighted by atomic mass is 16.3. The van der Waals surface area contributed by atoms with E-state index in [1.165, 1.54) is 0 Å². The zero-order valence-corrected chi connectivity index (χ0v) is 12.0. The molecule has 0 aliphatic carbocycles. The molecule has 3 aromatic rings. The van der Waals surface area contributed by atoms with Gasteiger partial charge in [0.2, 0.25) is 0 Å². The third-order valence-corrected chi connectivity index (χ3v) is 3.86. The lowest BCUT2D eigenvalue weighted by molar-refractivity contribution is 0.474. The molecule has 1 aromatic heterocycles. The number of hydrogen-bond acceptors (Lipinski definition) is 3. The van der Waals surface area contributed by atoms with E-state index in [-0.39, 0.29) is 11.7 Å². The maximum absolute atomic E-state index is 9.59. The lowest BCUT2D eigenvalue weighted by atomic mass is 9.98. The van der Waals surface area contributed by atoms with E-state index in [4.69, 9.17) is 10.7 Å². The molecule has 0 spiro atoms. The van der Waals surface area contributed by atoms with Gasteiger partial charge in [-0.05, 0) is 36.2 Å². The second-order valence-corrected chi connectivity index (χ2v) is 5.32. The van der Waals surface area contributed by atoms with Gasteiger partial charge in [0.15, 0.2) is 0 Å². The van der Waals surface area contributed by atoms with Crippen LogP contribution in [0.25, 0.3) is 11.0 Å². The van der Waals surface area contributed by atoms with Crippen LogP contribution >= 0.6 is 0 Å². The topological polar surface area (TPSA) is 64.1 Å². The quantitative estimate of drug-likeness (QED) is 0.772. The highest BCUT2D eigenvalue weighted by Gasteiger charge is 2.18. The van der Waals surface area contributed by atoms with Gasteiger partial charge in [-0.3, -0.25) is 0 Å². The fourth-order valence-corrected chi connectivity index (χ4v) is 2.78. The van der Waals surface area contributed by atoms with Crippen molar-refractivity contribution in [1.82, 2.24) is 9.55 Å². The van der Waals surface area contributed by atoms with Crippen LogP contribution in [0.5, 0.6) is 5.75 Å². The van der Waals surface area contributed by atoms with Gasteiger partial charge < -0.3 is 15.4 Å². The summed E-state index contributed by atoms with van der Waals surface area (Å²) in [5, 5.41) is 9.59. The van der Waals surface area contributed by atoms with Crippen LogP contribution in [0.2, 0.25) is 0 Å². The van der Waals surface area contributed by atoms with Crippen LogP contribution in [-0.4, -0.2) is 21.2 Å². The third-order valence-electron chi connectivity index (χ3n) is 3.86. The lowest BCUT2D eigenvalue weighted by Gasteiger charge is -2.15. The van der Waals surface area contributed by atoms with Crippen molar-refractivity contribution in [3.8, 4) is 5.75 Å². The Bertz CT molecular complexity index is 764. The number of aryl methyl sites for hydroxylation is 1. The largest absolute Gasteiger partial charge is 0.508 e. The average Bonchev–Trinajstić information content (AvgIpc) is 2.82. The van der Waals surface area contributed by atoms with Crippen molar-refractivity contribution in [3.05, 3.63) is 59.9 Å². The van der Waals surface area contributed by atoms with Crippen molar-refractivity contribution in [2.75, 3.05) is 6.54 Å². The number of nitrogens with zero attached hydrogens (tertiary/aromatic N) is 2. The van der Waals surface area contributed by atoms with Crippen molar-refractivity contribution in [1.29, 1.82) is 0 Å². The van der Waals surface area contributed by atoms with Crippen LogP contribution in [0.15, 0.2) is 48.5 Å². The molecule has 4 heteroatoms. The Morgan fingerprint density at radius 2 is 2.00 bits per heavy atom. The summed E-state index contributed by atoms with van der Waals surface area (Å²) < 4.78 is 2.11. The van der Waals surface area contributed by atoms with Crippen LogP contribution in [0.3, 0.4) is 0 Å². The number of hydrogen-bond donors (Lipinski definition) is 2. The van der Waals surface area contributed by atoms with Crippen molar-refractivity contribution in [2.24, 2.45) is 12.8 Å². The molecule has 0 amide bonds. The summed E-state index contributed by atoms with van der Waals surface area (Å²) in [6.07, 6.45) is 0.766. The number of nitrogens with two attached hydrogens (primary N) is 1. The van der Waals surface area contributed by atoms with Crippen molar-refractivity contribution in [3.63, 3.8) is 0 Å². The van der Waals surface area contributed by atoms with Gasteiger partial charge in [0, 0.05) is 19.5 Å². The summed E-state index contributed by atoms with van der Waals surface area (Å²) >= 11 is 0. The molecule has 3 rings (SSSR count). The van der Waals surface area contributed by atoms with Crippen LogP contribution < -0.4 is 5.73 Å². The van der Waals surface area contributed by atoms with Gasteiger partial charge in [0.05, 0.1) is 11.0 Å². The smallest absolute Gasteiger partial charge is 0.115 e. The first kappa shape index (κ1) is 13.6. The second-order valence-electron chi connectivity index (χ2n) is 5.32. The zero-order valence-electron chi connectivity index (χ0n) is 12.0. The highest BCUT2D eigenvalue weighted by molar-refractivity contribution is 5.75. The van der Waals surface area contributed by atoms with E-state index in [0.29, 0.717) is 6.54 Å². The SMILES string of the molecule is Cn1c(C(CN)Cc2cccc(O)c2)nc2ccccc21. The minimum Gasteiger partial charge on any atom is -0.508 e. The highest BCUT2D eigenvalue weighted by Crippen LogP contribution is 2.24. The Hall–Kier alpha value is -2.33. The summed E-state index contributed by atoms with van der Waals surface area (Å²) in [5.41, 5.74) is 9.14. The van der Waals surface area contributed by atoms with Crippen LogP contribution in [-0.2, 0) is 13.5 Å². The molecule has 0 saturated carbocycles. The molecule has 3 N–H and O–H groups in total. The molecule has 0 saturated heterocycles. The number of para-hydroxylation sites is 2. The van der Waals surface area contributed by atoms with Crippen LogP contribution in [0.1, 0.15) is 17.3 Å². The molecule has 0 bridgehead atoms. The number of phenols is 1. The van der Waals surface area contributed by atoms with Gasteiger partial charge in [-0.25, -0.2) is 4.98 Å². The Balaban J connectivity index is 1.96. The molecule has 0 fully saturated rings. The Labute approximate surface area is 123 Å². The number of fused-ring (bicyclic) bond motifs is 1. The molecular formula is C17H19N3O. The molecule has 108 valence electrons. The Morgan fingerprint density at radius 1 is 1.19 bits per heavy atom. The van der Waals surface area contributed by atoms with E-state index in [1.54, 1.807) is 12.1 Å². The Morgan fingerprint density at radius 3 is 2.71 bits per heavy atom. The van der Waals surface area contributed by atoms with E-state index in [2.05, 4.69) is 10.6 Å². The molecule has 1 heterocycles. The van der Waals surface area contributed by atoms with E-state index < -0.39 is 0 Å². The predicted molar refractivity (Wildman–Crippen MR) is 84.3 cm³/mol. The number of phenolic OH excluding ortho intramolecular Hbond substituents is 1. The van der Waals surface area contributed by atoms with Crippen LogP contribution in [0.4, 0.5) is 0 Å². The number of imidazole rings is 1. The fourth-order valence-electron chi connectivity index (χ4n) is 2.78. The van der Waals surface area contributed by atoms with Gasteiger partial charge in [-0.1, -0.05) is 24.3 Å².